The molecule has 10 unspecified atom stereocenters. The number of fused-ring (bicyclic) bond motifs is 2. The van der Waals surface area contributed by atoms with Gasteiger partial charge in [-0.05, 0) is 45.3 Å². The van der Waals surface area contributed by atoms with E-state index in [4.69, 9.17) is 32.8 Å². The van der Waals surface area contributed by atoms with E-state index in [1.54, 1.807) is 53.7 Å². The van der Waals surface area contributed by atoms with E-state index in [0.29, 0.717) is 5.56 Å². The van der Waals surface area contributed by atoms with Crippen molar-refractivity contribution in [3.63, 3.8) is 0 Å². The van der Waals surface area contributed by atoms with Crippen molar-refractivity contribution in [1.29, 1.82) is 0 Å². The molecule has 5 rings (SSSR count). The average molecular weight is 685 g/mol. The number of methoxy groups -OCH3 is 1. The summed E-state index contributed by atoms with van der Waals surface area (Å²) in [6.45, 7) is 16.7. The molecule has 4 aliphatic rings. The van der Waals surface area contributed by atoms with E-state index in [1.165, 1.54) is 33.5 Å². The fourth-order valence-electron chi connectivity index (χ4n) is 9.00. The number of cyclic esters (lactones) is 1. The Morgan fingerprint density at radius 3 is 2.20 bits per heavy atom. The first-order valence-corrected chi connectivity index (χ1v) is 16.2. The molecule has 0 N–H and O–H groups in total. The Balaban J connectivity index is 1.83. The average Bonchev–Trinajstić information content (AvgIpc) is 3.61. The molecule has 3 heterocycles. The monoisotopic (exact) mass is 684 g/mol. The summed E-state index contributed by atoms with van der Waals surface area (Å²) in [7, 11) is 1.21. The zero-order valence-electron chi connectivity index (χ0n) is 29.3. The Bertz CT molecular complexity index is 1620. The van der Waals surface area contributed by atoms with Gasteiger partial charge < -0.3 is 32.8 Å². The van der Waals surface area contributed by atoms with Gasteiger partial charge in [0.1, 0.15) is 30.0 Å². The molecular formula is C36H44O13. The second-order valence-electron chi connectivity index (χ2n) is 14.5. The molecule has 13 nitrogen and oxygen atoms in total. The molecule has 2 saturated carbocycles. The normalized spacial score (nSPS) is 37.9. The van der Waals surface area contributed by atoms with E-state index >= 15 is 4.79 Å². The number of ether oxygens (including phenoxy) is 6. The van der Waals surface area contributed by atoms with E-state index in [0.717, 1.165) is 0 Å². The number of hydrogen-bond donors (Lipinski definition) is 0. The van der Waals surface area contributed by atoms with Gasteiger partial charge in [0.2, 0.25) is 0 Å². The van der Waals surface area contributed by atoms with Gasteiger partial charge in [-0.2, -0.15) is 0 Å². The summed E-state index contributed by atoms with van der Waals surface area (Å²) in [5.41, 5.74) is -5.31. The van der Waals surface area contributed by atoms with Gasteiger partial charge in [-0.3, -0.25) is 24.0 Å². The molecule has 10 atom stereocenters. The van der Waals surface area contributed by atoms with Crippen LogP contribution in [0.5, 0.6) is 0 Å². The van der Waals surface area contributed by atoms with Gasteiger partial charge >= 0.3 is 29.8 Å². The Kier molecular flexibility index (Phi) is 9.01. The molecule has 4 fully saturated rings. The van der Waals surface area contributed by atoms with Crippen molar-refractivity contribution in [1.82, 2.24) is 0 Å². The third-order valence-corrected chi connectivity index (χ3v) is 11.6. The molecule has 2 saturated heterocycles. The van der Waals surface area contributed by atoms with Crippen molar-refractivity contribution in [2.45, 2.75) is 104 Å². The molecule has 2 aliphatic heterocycles. The number of carbonyl (C=O) groups is 6. The lowest BCUT2D eigenvalue weighted by Crippen LogP contribution is -2.72. The molecule has 266 valence electrons. The fourth-order valence-corrected chi connectivity index (χ4v) is 9.00. The van der Waals surface area contributed by atoms with Crippen molar-refractivity contribution in [2.24, 2.45) is 28.1 Å². The SMILES string of the molecule is C=C1C2C(=O)C3(C)C(OC14CC(=O)OC(c1ccoc1)C4(C)C2OC(C)=O)C(OC(C)=O)C(OC(=O)C(C)=CC)C(C)(C)C3CC(=O)OC. The van der Waals surface area contributed by atoms with E-state index in [9.17, 15) is 24.0 Å². The quantitative estimate of drug-likeness (QED) is 0.174. The van der Waals surface area contributed by atoms with Gasteiger partial charge in [0.15, 0.2) is 11.9 Å². The number of hydrogen-bond acceptors (Lipinski definition) is 13. The van der Waals surface area contributed by atoms with Gasteiger partial charge in [-0.15, -0.1) is 0 Å². The highest BCUT2D eigenvalue weighted by atomic mass is 16.6. The van der Waals surface area contributed by atoms with E-state index in [2.05, 4.69) is 6.58 Å². The maximum atomic E-state index is 15.5. The number of ketones is 1. The van der Waals surface area contributed by atoms with Crippen LogP contribution in [0, 0.1) is 28.1 Å². The summed E-state index contributed by atoms with van der Waals surface area (Å²) in [6, 6.07) is 1.59. The lowest BCUT2D eigenvalue weighted by molar-refractivity contribution is -0.299. The lowest BCUT2D eigenvalue weighted by atomic mass is 9.49. The van der Waals surface area contributed by atoms with Crippen molar-refractivity contribution in [3.05, 3.63) is 48.0 Å². The van der Waals surface area contributed by atoms with Gasteiger partial charge in [-0.1, -0.05) is 26.5 Å². The minimum absolute atomic E-state index is 0.168. The van der Waals surface area contributed by atoms with Crippen LogP contribution in [0.25, 0.3) is 0 Å². The highest BCUT2D eigenvalue weighted by Gasteiger charge is 2.81. The maximum Gasteiger partial charge on any atom is 0.333 e. The minimum Gasteiger partial charge on any atom is -0.472 e. The van der Waals surface area contributed by atoms with Crippen LogP contribution in [0.15, 0.2) is 46.8 Å². The van der Waals surface area contributed by atoms with Crippen LogP contribution in [0.1, 0.15) is 79.9 Å². The zero-order chi connectivity index (χ0) is 36.4. The van der Waals surface area contributed by atoms with Gasteiger partial charge in [0.05, 0.1) is 49.2 Å². The number of furan rings is 1. The van der Waals surface area contributed by atoms with Crippen molar-refractivity contribution >= 4 is 35.6 Å². The Morgan fingerprint density at radius 1 is 1.00 bits per heavy atom. The number of esters is 5. The molecular weight excluding hydrogens is 640 g/mol. The Hall–Kier alpha value is -4.26. The Labute approximate surface area is 284 Å². The van der Waals surface area contributed by atoms with Crippen LogP contribution in [-0.4, -0.2) is 72.8 Å². The smallest absolute Gasteiger partial charge is 0.333 e. The Morgan fingerprint density at radius 2 is 1.65 bits per heavy atom. The molecule has 49 heavy (non-hydrogen) atoms. The molecule has 2 bridgehead atoms. The molecule has 0 aromatic carbocycles. The molecule has 1 aromatic heterocycles. The highest BCUT2D eigenvalue weighted by Crippen LogP contribution is 2.71. The number of allylic oxidation sites excluding steroid dienone is 1. The maximum absolute atomic E-state index is 15.5. The summed E-state index contributed by atoms with van der Waals surface area (Å²) >= 11 is 0. The fraction of sp³-hybridized carbons (Fsp3) is 0.611. The summed E-state index contributed by atoms with van der Waals surface area (Å²) in [5.74, 6) is -6.24. The number of carbonyl (C=O) groups excluding carboxylic acids is 6. The summed E-state index contributed by atoms with van der Waals surface area (Å²) in [6.07, 6.45) is -2.89. The van der Waals surface area contributed by atoms with Crippen LogP contribution >= 0.6 is 0 Å². The predicted octanol–water partition coefficient (Wildman–Crippen LogP) is 4.13. The first-order valence-electron chi connectivity index (χ1n) is 16.2. The largest absolute Gasteiger partial charge is 0.472 e. The summed E-state index contributed by atoms with van der Waals surface area (Å²) in [4.78, 5) is 81.2. The summed E-state index contributed by atoms with van der Waals surface area (Å²) < 4.78 is 41.6. The lowest BCUT2D eigenvalue weighted by Gasteiger charge is -2.61. The zero-order valence-corrected chi connectivity index (χ0v) is 29.3. The third kappa shape index (κ3) is 5.14. The molecule has 1 aromatic rings. The second kappa shape index (κ2) is 12.3. The third-order valence-electron chi connectivity index (χ3n) is 11.6. The molecule has 0 amide bonds. The van der Waals surface area contributed by atoms with E-state index in [1.807, 2.05) is 0 Å². The van der Waals surface area contributed by atoms with E-state index < -0.39 is 106 Å². The number of rotatable bonds is 7. The van der Waals surface area contributed by atoms with E-state index in [-0.39, 0.29) is 17.6 Å². The molecule has 1 spiro atoms. The first kappa shape index (κ1) is 36.0. The van der Waals surface area contributed by atoms with Crippen molar-refractivity contribution < 1.29 is 61.6 Å². The van der Waals surface area contributed by atoms with Gasteiger partial charge in [0, 0.05) is 30.4 Å². The van der Waals surface area contributed by atoms with Crippen LogP contribution in [0.4, 0.5) is 0 Å². The topological polar surface area (TPSA) is 171 Å². The molecule has 13 heteroatoms. The van der Waals surface area contributed by atoms with Crippen LogP contribution in [0.3, 0.4) is 0 Å². The predicted molar refractivity (Wildman–Crippen MR) is 168 cm³/mol. The van der Waals surface area contributed by atoms with Gasteiger partial charge in [0.25, 0.3) is 0 Å². The molecule has 0 radical (unpaired) electrons. The van der Waals surface area contributed by atoms with Gasteiger partial charge in [-0.25, -0.2) is 4.79 Å². The minimum atomic E-state index is -1.75. The standard InChI is InChI=1S/C36H44O13/c1-11-17(2)32(42)48-30-26(45-19(4)37)31-34(8,22(33(30,6)7)14-23(39)43-10)27(41)25-18(3)36(49-31)15-24(40)47-28(21-12-13-44-16-21)35(36,9)29(25)46-20(5)38/h11-13,16,22,25-26,28-31H,3,14-15H2,1-2,4-10H3. The highest BCUT2D eigenvalue weighted by molar-refractivity contribution is 5.95. The van der Waals surface area contributed by atoms with Crippen molar-refractivity contribution in [3.8, 4) is 0 Å². The molecule has 2 aliphatic carbocycles. The van der Waals surface area contributed by atoms with Crippen LogP contribution in [-0.2, 0) is 57.2 Å². The first-order chi connectivity index (χ1) is 22.8. The second-order valence-corrected chi connectivity index (χ2v) is 14.5. The van der Waals surface area contributed by atoms with Crippen molar-refractivity contribution in [2.75, 3.05) is 7.11 Å². The van der Waals surface area contributed by atoms with Crippen LogP contribution in [0.2, 0.25) is 0 Å². The summed E-state index contributed by atoms with van der Waals surface area (Å²) in [5, 5.41) is 0. The van der Waals surface area contributed by atoms with Crippen LogP contribution < -0.4 is 0 Å². The number of Topliss-reactive ketones (excluding diaryl/α,β-unsaturated/α-hetero) is 1.